The highest BCUT2D eigenvalue weighted by molar-refractivity contribution is 5.51. The van der Waals surface area contributed by atoms with Crippen LogP contribution in [0.25, 0.3) is 0 Å². The third-order valence-corrected chi connectivity index (χ3v) is 3.20. The van der Waals surface area contributed by atoms with E-state index in [2.05, 4.69) is 53.9 Å². The van der Waals surface area contributed by atoms with Crippen molar-refractivity contribution in [2.75, 3.05) is 32.5 Å². The van der Waals surface area contributed by atoms with Gasteiger partial charge >= 0.3 is 0 Å². The van der Waals surface area contributed by atoms with Gasteiger partial charge in [-0.3, -0.25) is 0 Å². The molecule has 0 aromatic heterocycles. The van der Waals surface area contributed by atoms with E-state index in [4.69, 9.17) is 0 Å². The van der Waals surface area contributed by atoms with E-state index >= 15 is 0 Å². The zero-order chi connectivity index (χ0) is 12.1. The SMILES string of the molecule is CN(C)Cc1ccccc1NC1CCNCC1. The van der Waals surface area contributed by atoms with Crippen molar-refractivity contribution in [1.29, 1.82) is 0 Å². The molecule has 0 aliphatic carbocycles. The van der Waals surface area contributed by atoms with Gasteiger partial charge in [0.2, 0.25) is 0 Å². The first-order valence-electron chi connectivity index (χ1n) is 6.45. The molecule has 94 valence electrons. The average molecular weight is 233 g/mol. The van der Waals surface area contributed by atoms with Crippen molar-refractivity contribution in [1.82, 2.24) is 10.2 Å². The molecule has 0 bridgehead atoms. The number of hydrogen-bond donors (Lipinski definition) is 2. The monoisotopic (exact) mass is 233 g/mol. The summed E-state index contributed by atoms with van der Waals surface area (Å²) in [7, 11) is 4.22. The Bertz CT molecular complexity index is 343. The Morgan fingerprint density at radius 3 is 2.65 bits per heavy atom. The zero-order valence-corrected chi connectivity index (χ0v) is 10.9. The van der Waals surface area contributed by atoms with Crippen LogP contribution in [0, 0.1) is 0 Å². The summed E-state index contributed by atoms with van der Waals surface area (Å²) in [6, 6.07) is 9.26. The first-order chi connectivity index (χ1) is 8.25. The molecule has 1 aromatic carbocycles. The molecule has 1 aromatic rings. The third-order valence-electron chi connectivity index (χ3n) is 3.20. The summed E-state index contributed by atoms with van der Waals surface area (Å²) >= 11 is 0. The molecular weight excluding hydrogens is 210 g/mol. The van der Waals surface area contributed by atoms with Gasteiger partial charge in [0.05, 0.1) is 0 Å². The van der Waals surface area contributed by atoms with Gasteiger partial charge in [-0.15, -0.1) is 0 Å². The van der Waals surface area contributed by atoms with Crippen molar-refractivity contribution < 1.29 is 0 Å². The van der Waals surface area contributed by atoms with E-state index < -0.39 is 0 Å². The molecule has 1 fully saturated rings. The molecule has 0 radical (unpaired) electrons. The molecule has 1 aliphatic heterocycles. The lowest BCUT2D eigenvalue weighted by Crippen LogP contribution is -2.35. The third kappa shape index (κ3) is 3.72. The zero-order valence-electron chi connectivity index (χ0n) is 10.9. The van der Waals surface area contributed by atoms with Gasteiger partial charge in [-0.2, -0.15) is 0 Å². The average Bonchev–Trinajstić information content (AvgIpc) is 2.32. The van der Waals surface area contributed by atoms with E-state index in [0.29, 0.717) is 6.04 Å². The van der Waals surface area contributed by atoms with Crippen molar-refractivity contribution in [2.24, 2.45) is 0 Å². The number of anilines is 1. The highest BCUT2D eigenvalue weighted by Crippen LogP contribution is 2.19. The van der Waals surface area contributed by atoms with Crippen molar-refractivity contribution >= 4 is 5.69 Å². The maximum atomic E-state index is 3.69. The predicted molar refractivity (Wildman–Crippen MR) is 73.3 cm³/mol. The van der Waals surface area contributed by atoms with Crippen molar-refractivity contribution in [3.05, 3.63) is 29.8 Å². The number of hydrogen-bond acceptors (Lipinski definition) is 3. The molecule has 2 N–H and O–H groups in total. The molecular formula is C14H23N3. The molecule has 3 heteroatoms. The van der Waals surface area contributed by atoms with Crippen LogP contribution in [0.5, 0.6) is 0 Å². The topological polar surface area (TPSA) is 27.3 Å². The highest BCUT2D eigenvalue weighted by atomic mass is 15.1. The van der Waals surface area contributed by atoms with E-state index in [9.17, 15) is 0 Å². The molecule has 17 heavy (non-hydrogen) atoms. The van der Waals surface area contributed by atoms with E-state index in [1.54, 1.807) is 0 Å². The highest BCUT2D eigenvalue weighted by Gasteiger charge is 2.13. The quantitative estimate of drug-likeness (QED) is 0.832. The summed E-state index contributed by atoms with van der Waals surface area (Å²) in [6.07, 6.45) is 2.44. The Kier molecular flexibility index (Phi) is 4.40. The van der Waals surface area contributed by atoms with Crippen LogP contribution in [-0.4, -0.2) is 38.1 Å². The van der Waals surface area contributed by atoms with Crippen LogP contribution in [0.2, 0.25) is 0 Å². The van der Waals surface area contributed by atoms with Crippen molar-refractivity contribution in [2.45, 2.75) is 25.4 Å². The lowest BCUT2D eigenvalue weighted by atomic mass is 10.1. The van der Waals surface area contributed by atoms with Gasteiger partial charge < -0.3 is 15.5 Å². The van der Waals surface area contributed by atoms with Crippen LogP contribution in [0.1, 0.15) is 18.4 Å². The van der Waals surface area contributed by atoms with E-state index in [1.807, 2.05) is 0 Å². The van der Waals surface area contributed by atoms with Crippen LogP contribution in [-0.2, 0) is 6.54 Å². The molecule has 3 nitrogen and oxygen atoms in total. The second-order valence-electron chi connectivity index (χ2n) is 5.06. The molecule has 0 atom stereocenters. The minimum absolute atomic E-state index is 0.625. The smallest absolute Gasteiger partial charge is 0.0388 e. The standard InChI is InChI=1S/C14H23N3/c1-17(2)11-12-5-3-4-6-14(12)16-13-7-9-15-10-8-13/h3-6,13,15-16H,7-11H2,1-2H3. The Labute approximate surface area is 104 Å². The lowest BCUT2D eigenvalue weighted by molar-refractivity contribution is 0.402. The number of piperidine rings is 1. The van der Waals surface area contributed by atoms with Crippen LogP contribution < -0.4 is 10.6 Å². The number of nitrogens with zero attached hydrogens (tertiary/aromatic N) is 1. The van der Waals surface area contributed by atoms with Gasteiger partial charge in [-0.1, -0.05) is 18.2 Å². The summed E-state index contributed by atoms with van der Waals surface area (Å²) < 4.78 is 0. The number of para-hydroxylation sites is 1. The number of benzene rings is 1. The van der Waals surface area contributed by atoms with Gasteiger partial charge in [0, 0.05) is 18.3 Å². The van der Waals surface area contributed by atoms with Gasteiger partial charge in [0.15, 0.2) is 0 Å². The fourth-order valence-electron chi connectivity index (χ4n) is 2.33. The molecule has 1 heterocycles. The van der Waals surface area contributed by atoms with Crippen LogP contribution in [0.4, 0.5) is 5.69 Å². The fraction of sp³-hybridized carbons (Fsp3) is 0.571. The lowest BCUT2D eigenvalue weighted by Gasteiger charge is -2.26. The van der Waals surface area contributed by atoms with Crippen molar-refractivity contribution in [3.63, 3.8) is 0 Å². The molecule has 0 amide bonds. The number of rotatable bonds is 4. The van der Waals surface area contributed by atoms with E-state index in [1.165, 1.54) is 24.1 Å². The molecule has 1 saturated heterocycles. The second-order valence-corrected chi connectivity index (χ2v) is 5.06. The van der Waals surface area contributed by atoms with E-state index in [-0.39, 0.29) is 0 Å². The first kappa shape index (κ1) is 12.4. The molecule has 0 spiro atoms. The van der Waals surface area contributed by atoms with Gasteiger partial charge in [0.1, 0.15) is 0 Å². The second kappa shape index (κ2) is 6.03. The Morgan fingerprint density at radius 2 is 1.94 bits per heavy atom. The van der Waals surface area contributed by atoms with Crippen LogP contribution in [0.15, 0.2) is 24.3 Å². The first-order valence-corrected chi connectivity index (χ1v) is 6.45. The van der Waals surface area contributed by atoms with E-state index in [0.717, 1.165) is 19.6 Å². The molecule has 2 rings (SSSR count). The van der Waals surface area contributed by atoms with Crippen LogP contribution >= 0.6 is 0 Å². The normalized spacial score (nSPS) is 17.4. The predicted octanol–water partition coefficient (Wildman–Crippen LogP) is 1.91. The fourth-order valence-corrected chi connectivity index (χ4v) is 2.33. The summed E-state index contributed by atoms with van der Waals surface area (Å²) in [6.45, 7) is 3.26. The van der Waals surface area contributed by atoms with Crippen molar-refractivity contribution in [3.8, 4) is 0 Å². The van der Waals surface area contributed by atoms with Crippen LogP contribution in [0.3, 0.4) is 0 Å². The largest absolute Gasteiger partial charge is 0.382 e. The molecule has 0 saturated carbocycles. The maximum Gasteiger partial charge on any atom is 0.0388 e. The summed E-state index contributed by atoms with van der Waals surface area (Å²) in [5.41, 5.74) is 2.68. The summed E-state index contributed by atoms with van der Waals surface area (Å²) in [4.78, 5) is 2.21. The van der Waals surface area contributed by atoms with Gasteiger partial charge in [-0.05, 0) is 51.7 Å². The van der Waals surface area contributed by atoms with Gasteiger partial charge in [0.25, 0.3) is 0 Å². The minimum atomic E-state index is 0.625. The van der Waals surface area contributed by atoms with Gasteiger partial charge in [-0.25, -0.2) is 0 Å². The molecule has 0 unspecified atom stereocenters. The Hall–Kier alpha value is -1.06. The Morgan fingerprint density at radius 1 is 1.24 bits per heavy atom. The Balaban J connectivity index is 2.03. The number of nitrogens with one attached hydrogen (secondary N) is 2. The molecule has 1 aliphatic rings. The summed E-state index contributed by atoms with van der Waals surface area (Å²) in [5, 5.41) is 7.09. The summed E-state index contributed by atoms with van der Waals surface area (Å²) in [5.74, 6) is 0. The minimum Gasteiger partial charge on any atom is -0.382 e. The maximum absolute atomic E-state index is 3.69.